The third-order valence-corrected chi connectivity index (χ3v) is 8.93. The van der Waals surface area contributed by atoms with Crippen LogP contribution in [0.4, 0.5) is 0 Å². The van der Waals surface area contributed by atoms with Crippen LogP contribution in [0, 0.1) is 16.6 Å². The zero-order chi connectivity index (χ0) is 15.9. The van der Waals surface area contributed by atoms with Crippen molar-refractivity contribution >= 4 is 45.7 Å². The first-order valence-corrected chi connectivity index (χ1v) is 11.3. The summed E-state index contributed by atoms with van der Waals surface area (Å²) in [6, 6.07) is 0.809. The molecule has 3 nitrogen and oxygen atoms in total. The fourth-order valence-electron chi connectivity index (χ4n) is 3.94. The molecule has 4 saturated carbocycles. The van der Waals surface area contributed by atoms with E-state index in [1.54, 1.807) is 0 Å². The van der Waals surface area contributed by atoms with Crippen molar-refractivity contribution in [3.05, 3.63) is 15.7 Å². The van der Waals surface area contributed by atoms with Crippen molar-refractivity contribution < 1.29 is 19.4 Å². The van der Waals surface area contributed by atoms with Crippen LogP contribution in [-0.4, -0.2) is 16.0 Å². The van der Waals surface area contributed by atoms with Gasteiger partial charge in [-0.05, 0) is 44.4 Å². The van der Waals surface area contributed by atoms with E-state index >= 15 is 0 Å². The Kier molecular flexibility index (Phi) is 6.00. The molecule has 0 atom stereocenters. The topological polar surface area (TPSA) is 13.1 Å². The second-order valence-corrected chi connectivity index (χ2v) is 12.0. The van der Waals surface area contributed by atoms with Crippen LogP contribution in [0.1, 0.15) is 63.1 Å². The number of imidazole rings is 1. The van der Waals surface area contributed by atoms with Crippen molar-refractivity contribution in [3.8, 4) is 0 Å². The second kappa shape index (κ2) is 7.28. The molecular formula is C16H25I2N3Pt. The molecule has 0 unspecified atom stereocenters. The van der Waals surface area contributed by atoms with Gasteiger partial charge in [0.2, 0.25) is 0 Å². The zero-order valence-electron chi connectivity index (χ0n) is 13.3. The maximum atomic E-state index is 2.46. The SMILES string of the molecule is Cc1cn(C)[c](=[Pt])n1C1CC1.IN(I)C12CCC(CC1)CC2. The third-order valence-electron chi connectivity index (χ3n) is 5.54. The molecule has 1 aromatic rings. The van der Waals surface area contributed by atoms with Crippen LogP contribution in [0.2, 0.25) is 0 Å². The van der Waals surface area contributed by atoms with Gasteiger partial charge in [0, 0.05) is 51.3 Å². The van der Waals surface area contributed by atoms with E-state index in [0.717, 1.165) is 12.0 Å². The zero-order valence-corrected chi connectivity index (χ0v) is 19.9. The van der Waals surface area contributed by atoms with Crippen molar-refractivity contribution in [2.45, 2.75) is 69.9 Å². The molecule has 1 heterocycles. The maximum Gasteiger partial charge on any atom is 0.0408 e. The molecule has 0 aromatic carbocycles. The van der Waals surface area contributed by atoms with Crippen LogP contribution in [0.25, 0.3) is 0 Å². The van der Waals surface area contributed by atoms with E-state index in [4.69, 9.17) is 0 Å². The normalized spacial score (nSPS) is 30.4. The van der Waals surface area contributed by atoms with E-state index in [1.807, 2.05) is 0 Å². The molecular weight excluding hydrogens is 683 g/mol. The number of hydrogen-bond acceptors (Lipinski definition) is 1. The summed E-state index contributed by atoms with van der Waals surface area (Å²) in [7, 11) is 2.11. The van der Waals surface area contributed by atoms with Crippen molar-refractivity contribution in [2.75, 3.05) is 0 Å². The first kappa shape index (κ1) is 18.1. The third kappa shape index (κ3) is 3.77. The summed E-state index contributed by atoms with van der Waals surface area (Å²) in [6.45, 7) is 2.18. The first-order chi connectivity index (χ1) is 10.4. The predicted molar refractivity (Wildman–Crippen MR) is 103 cm³/mol. The molecule has 4 aliphatic carbocycles. The average molecular weight is 708 g/mol. The van der Waals surface area contributed by atoms with Gasteiger partial charge >= 0.3 is 77.0 Å². The second-order valence-electron chi connectivity index (χ2n) is 7.16. The van der Waals surface area contributed by atoms with E-state index < -0.39 is 0 Å². The molecule has 0 spiro atoms. The van der Waals surface area contributed by atoms with Crippen LogP contribution in [0.3, 0.4) is 0 Å². The van der Waals surface area contributed by atoms with Gasteiger partial charge in [-0.3, -0.25) is 0 Å². The number of hydrogen-bond donors (Lipinski definition) is 0. The number of halogens is 2. The molecule has 4 aliphatic rings. The fourth-order valence-corrected chi connectivity index (χ4v) is 6.35. The molecule has 6 heteroatoms. The Labute approximate surface area is 172 Å². The Bertz CT molecular complexity index is 567. The maximum absolute atomic E-state index is 2.46. The Morgan fingerprint density at radius 2 is 1.68 bits per heavy atom. The summed E-state index contributed by atoms with van der Waals surface area (Å²) >= 11 is 7.31. The largest absolute Gasteiger partial charge is 0.182 e. The monoisotopic (exact) mass is 708 g/mol. The summed E-state index contributed by atoms with van der Waals surface area (Å²) in [4.78, 5) is 0. The molecule has 0 aliphatic heterocycles. The van der Waals surface area contributed by atoms with Crippen LogP contribution >= 0.6 is 45.7 Å². The van der Waals surface area contributed by atoms with Gasteiger partial charge in [0.15, 0.2) is 0 Å². The smallest absolute Gasteiger partial charge is 0.0408 e. The number of fused-ring (bicyclic) bond motifs is 3. The quantitative estimate of drug-likeness (QED) is 0.302. The molecule has 0 radical (unpaired) electrons. The molecule has 0 N–H and O–H groups in total. The van der Waals surface area contributed by atoms with Gasteiger partial charge in [-0.15, -0.1) is 0 Å². The van der Waals surface area contributed by atoms with Gasteiger partial charge in [-0.1, -0.05) is 0 Å². The molecule has 2 bridgehead atoms. The van der Waals surface area contributed by atoms with E-state index in [2.05, 4.69) is 95.7 Å². The van der Waals surface area contributed by atoms with Crippen molar-refractivity contribution in [1.29, 1.82) is 0 Å². The van der Waals surface area contributed by atoms with Crippen LogP contribution in [0.5, 0.6) is 0 Å². The molecule has 1 aromatic heterocycles. The van der Waals surface area contributed by atoms with Crippen molar-refractivity contribution in [1.82, 2.24) is 10.5 Å². The van der Waals surface area contributed by atoms with Gasteiger partial charge < -0.3 is 0 Å². The van der Waals surface area contributed by atoms with E-state index in [9.17, 15) is 0 Å². The predicted octanol–water partition coefficient (Wildman–Crippen LogP) is 5.26. The van der Waals surface area contributed by atoms with E-state index in [-0.39, 0.29) is 0 Å². The summed E-state index contributed by atoms with van der Waals surface area (Å²) in [5.41, 5.74) is 1.98. The minimum atomic E-state index is 0.593. The van der Waals surface area contributed by atoms with Gasteiger partial charge in [0.25, 0.3) is 0 Å². The van der Waals surface area contributed by atoms with E-state index in [1.165, 1.54) is 60.9 Å². The summed E-state index contributed by atoms with van der Waals surface area (Å²) in [5, 5.41) is 0. The number of aryl methyl sites for hydroxylation is 2. The average Bonchev–Trinajstić information content (AvgIpc) is 3.30. The Morgan fingerprint density at radius 3 is 2.00 bits per heavy atom. The molecule has 128 valence electrons. The summed E-state index contributed by atoms with van der Waals surface area (Å²) in [5.74, 6) is 1.09. The standard InChI is InChI=1S/C8H13I2N.C8H12N2.Pt/c9-11(10)8-4-1-7(2-5-8)3-6-8;1-7-5-9(2)6-10(7)8-3-4-8;/h7H,1-6H2;5,8H,3-4H2,1-2H3;. The Balaban J connectivity index is 0.000000131. The van der Waals surface area contributed by atoms with Crippen molar-refractivity contribution in [2.24, 2.45) is 13.0 Å². The van der Waals surface area contributed by atoms with Crippen LogP contribution in [0.15, 0.2) is 6.20 Å². The van der Waals surface area contributed by atoms with Crippen LogP contribution < -0.4 is 0 Å². The first-order valence-electron chi connectivity index (χ1n) is 8.24. The summed E-state index contributed by atoms with van der Waals surface area (Å²) in [6.07, 6.45) is 13.7. The molecule has 4 fully saturated rings. The fraction of sp³-hybridized carbons (Fsp3) is 0.812. The molecule has 22 heavy (non-hydrogen) atoms. The molecule has 0 amide bonds. The minimum Gasteiger partial charge on any atom is -0.182 e. The summed E-state index contributed by atoms with van der Waals surface area (Å²) < 4.78 is 8.39. The molecule has 5 rings (SSSR count). The minimum absolute atomic E-state index is 0.593. The Hall–Kier alpha value is 1.32. The van der Waals surface area contributed by atoms with Gasteiger partial charge in [-0.2, -0.15) is 1.33 Å². The van der Waals surface area contributed by atoms with Crippen molar-refractivity contribution in [3.63, 3.8) is 0 Å². The number of rotatable bonds is 2. The van der Waals surface area contributed by atoms with Gasteiger partial charge in [0.05, 0.1) is 0 Å². The van der Waals surface area contributed by atoms with E-state index in [0.29, 0.717) is 5.54 Å². The molecule has 0 saturated heterocycles. The van der Waals surface area contributed by atoms with Gasteiger partial charge in [0.1, 0.15) is 0 Å². The van der Waals surface area contributed by atoms with Gasteiger partial charge in [-0.25, -0.2) is 0 Å². The number of nitrogens with zero attached hydrogens (tertiary/aromatic N) is 3. The Morgan fingerprint density at radius 1 is 1.14 bits per heavy atom. The van der Waals surface area contributed by atoms with Crippen LogP contribution in [-0.2, 0) is 26.4 Å². The number of aromatic nitrogens is 2.